The predicted octanol–water partition coefficient (Wildman–Crippen LogP) is 6.65. The summed E-state index contributed by atoms with van der Waals surface area (Å²) in [5.41, 5.74) is 5.48. The van der Waals surface area contributed by atoms with Crippen LogP contribution in [0, 0.1) is 12.8 Å². The minimum absolute atomic E-state index is 0.119. The van der Waals surface area contributed by atoms with Crippen LogP contribution in [-0.4, -0.2) is 56.4 Å². The fourth-order valence-electron chi connectivity index (χ4n) is 6.17. The van der Waals surface area contributed by atoms with E-state index in [-0.39, 0.29) is 12.0 Å². The first-order chi connectivity index (χ1) is 18.3. The third kappa shape index (κ3) is 5.33. The Morgan fingerprint density at radius 2 is 2.11 bits per heavy atom. The van der Waals surface area contributed by atoms with E-state index >= 15 is 0 Å². The van der Waals surface area contributed by atoms with E-state index in [2.05, 4.69) is 24.8 Å². The molecule has 7 nitrogen and oxygen atoms in total. The van der Waals surface area contributed by atoms with Gasteiger partial charge in [0, 0.05) is 28.5 Å². The summed E-state index contributed by atoms with van der Waals surface area (Å²) in [5, 5.41) is 6.00. The number of hydrogen-bond acceptors (Lipinski definition) is 6. The summed E-state index contributed by atoms with van der Waals surface area (Å²) < 4.78 is 6.79. The number of rotatable bonds is 7. The molecule has 0 spiro atoms. The topological polar surface area (TPSA) is 73.1 Å². The average Bonchev–Trinajstić information content (AvgIpc) is 3.50. The Morgan fingerprint density at radius 3 is 2.84 bits per heavy atom. The van der Waals surface area contributed by atoms with Crippen molar-refractivity contribution in [2.45, 2.75) is 77.4 Å². The Bertz CT molecular complexity index is 1370. The highest BCUT2D eigenvalue weighted by atomic mass is 35.5. The molecule has 1 aliphatic carbocycles. The van der Waals surface area contributed by atoms with Gasteiger partial charge in [0.2, 0.25) is 0 Å². The van der Waals surface area contributed by atoms with Crippen molar-refractivity contribution in [3.63, 3.8) is 0 Å². The fraction of sp³-hybridized carbons (Fsp3) is 0.517. The van der Waals surface area contributed by atoms with Crippen molar-refractivity contribution in [3.05, 3.63) is 57.5 Å². The number of hydrogen-bond donors (Lipinski definition) is 0. The molecule has 1 aliphatic heterocycles. The van der Waals surface area contributed by atoms with Crippen molar-refractivity contribution >= 4 is 45.9 Å². The molecule has 2 aliphatic rings. The van der Waals surface area contributed by atoms with Crippen molar-refractivity contribution in [2.24, 2.45) is 5.92 Å². The zero-order valence-corrected chi connectivity index (χ0v) is 24.0. The van der Waals surface area contributed by atoms with Crippen molar-refractivity contribution in [1.29, 1.82) is 0 Å². The van der Waals surface area contributed by atoms with Gasteiger partial charge in [-0.05, 0) is 81.7 Å². The molecule has 1 saturated heterocycles. The molecule has 4 atom stereocenters. The average molecular weight is 557 g/mol. The van der Waals surface area contributed by atoms with Gasteiger partial charge in [0.25, 0.3) is 0 Å². The smallest absolute Gasteiger partial charge is 0.305 e. The number of methoxy groups -OCH3 is 1. The summed E-state index contributed by atoms with van der Waals surface area (Å²) in [7, 11) is 1.46. The molecule has 0 radical (unpaired) electrons. The highest BCUT2D eigenvalue weighted by Crippen LogP contribution is 2.37. The first-order valence-corrected chi connectivity index (χ1v) is 14.2. The number of fused-ring (bicyclic) bond motifs is 1. The number of halogens is 2. The van der Waals surface area contributed by atoms with Gasteiger partial charge in [0.05, 0.1) is 30.7 Å². The molecule has 3 heterocycles. The Kier molecular flexibility index (Phi) is 8.08. The van der Waals surface area contributed by atoms with Crippen LogP contribution in [0.2, 0.25) is 10.0 Å². The number of carbonyl (C=O) groups is 1. The van der Waals surface area contributed by atoms with E-state index < -0.39 is 0 Å². The largest absolute Gasteiger partial charge is 0.469 e. The standard InChI is InChI=1S/C29H35Cl2N5O2/c1-17-14-20(7-11-26(17)35-13-5-6-22(35)9-12-27(37)38-4)25-16-32-28-18(2)34-36(29(28)33-25)19(3)23-10-8-21(30)15-24(23)31/h7-8,10,15-17,19,22,26H,5-6,9,11-14H2,1-4H3/t17-,19-,22?,26+/m1/s1. The van der Waals surface area contributed by atoms with Gasteiger partial charge in [0.1, 0.15) is 5.52 Å². The number of ether oxygens (including phenoxy) is 1. The third-order valence-corrected chi connectivity index (χ3v) is 8.80. The van der Waals surface area contributed by atoms with Crippen LogP contribution in [-0.2, 0) is 9.53 Å². The molecule has 0 N–H and O–H groups in total. The van der Waals surface area contributed by atoms with Crippen LogP contribution in [0.25, 0.3) is 16.7 Å². The van der Waals surface area contributed by atoms with Crippen LogP contribution in [0.1, 0.15) is 75.4 Å². The number of benzene rings is 1. The second-order valence-corrected chi connectivity index (χ2v) is 11.5. The Hall–Kier alpha value is -2.48. The predicted molar refractivity (Wildman–Crippen MR) is 151 cm³/mol. The Balaban J connectivity index is 1.38. The molecule has 3 aromatic rings. The maximum absolute atomic E-state index is 11.7. The normalized spacial score (nSPS) is 23.0. The molecule has 202 valence electrons. The third-order valence-electron chi connectivity index (χ3n) is 8.24. The Morgan fingerprint density at radius 1 is 1.29 bits per heavy atom. The maximum atomic E-state index is 11.7. The Labute approximate surface area is 234 Å². The molecule has 2 aromatic heterocycles. The molecule has 0 saturated carbocycles. The second kappa shape index (κ2) is 11.3. The lowest BCUT2D eigenvalue weighted by atomic mass is 9.83. The van der Waals surface area contributed by atoms with Gasteiger partial charge in [-0.25, -0.2) is 14.6 Å². The molecule has 5 rings (SSSR count). The minimum Gasteiger partial charge on any atom is -0.469 e. The van der Waals surface area contributed by atoms with Crippen LogP contribution in [0.3, 0.4) is 0 Å². The lowest BCUT2D eigenvalue weighted by Gasteiger charge is -2.39. The number of allylic oxidation sites excluding steroid dienone is 1. The molecule has 1 unspecified atom stereocenters. The highest BCUT2D eigenvalue weighted by molar-refractivity contribution is 6.35. The number of esters is 1. The summed E-state index contributed by atoms with van der Waals surface area (Å²) in [6.45, 7) is 7.45. The van der Waals surface area contributed by atoms with E-state index in [0.29, 0.717) is 34.5 Å². The quantitative estimate of drug-likeness (QED) is 0.304. The first-order valence-electron chi connectivity index (χ1n) is 13.5. The van der Waals surface area contributed by atoms with Crippen molar-refractivity contribution in [2.75, 3.05) is 13.7 Å². The van der Waals surface area contributed by atoms with Gasteiger partial charge in [-0.2, -0.15) is 5.10 Å². The maximum Gasteiger partial charge on any atom is 0.305 e. The molecule has 0 bridgehead atoms. The zero-order chi connectivity index (χ0) is 27.0. The van der Waals surface area contributed by atoms with Crippen LogP contribution < -0.4 is 0 Å². The summed E-state index contributed by atoms with van der Waals surface area (Å²) >= 11 is 12.6. The van der Waals surface area contributed by atoms with Crippen molar-refractivity contribution in [1.82, 2.24) is 24.6 Å². The van der Waals surface area contributed by atoms with E-state index in [1.807, 2.05) is 29.9 Å². The molecular weight excluding hydrogens is 521 g/mol. The highest BCUT2D eigenvalue weighted by Gasteiger charge is 2.35. The zero-order valence-electron chi connectivity index (χ0n) is 22.5. The minimum atomic E-state index is -0.124. The number of carbonyl (C=O) groups excluding carboxylic acids is 1. The number of aryl methyl sites for hydroxylation is 1. The summed E-state index contributed by atoms with van der Waals surface area (Å²) in [5.74, 6) is 0.358. The number of likely N-dealkylation sites (tertiary alicyclic amines) is 1. The lowest BCUT2D eigenvalue weighted by Crippen LogP contribution is -2.44. The van der Waals surface area contributed by atoms with Crippen LogP contribution in [0.15, 0.2) is 30.5 Å². The molecule has 0 amide bonds. The van der Waals surface area contributed by atoms with Crippen LogP contribution in [0.4, 0.5) is 0 Å². The SMILES string of the molecule is COC(=O)CCC1CCCN1[C@H]1CC=C(c2cnc3c(C)nn([C@H](C)c4ccc(Cl)cc4Cl)c3n2)C[C@H]1C. The van der Waals surface area contributed by atoms with E-state index in [1.165, 1.54) is 19.1 Å². The summed E-state index contributed by atoms with van der Waals surface area (Å²) in [4.78, 5) is 24.2. The monoisotopic (exact) mass is 555 g/mol. The van der Waals surface area contributed by atoms with Crippen molar-refractivity contribution in [3.8, 4) is 0 Å². The van der Waals surface area contributed by atoms with E-state index in [0.717, 1.165) is 60.3 Å². The van der Waals surface area contributed by atoms with Gasteiger partial charge < -0.3 is 4.74 Å². The second-order valence-electron chi connectivity index (χ2n) is 10.7. The van der Waals surface area contributed by atoms with Gasteiger partial charge in [-0.3, -0.25) is 9.69 Å². The van der Waals surface area contributed by atoms with Gasteiger partial charge in [0.15, 0.2) is 5.65 Å². The summed E-state index contributed by atoms with van der Waals surface area (Å²) in [6, 6.07) is 6.35. The van der Waals surface area contributed by atoms with E-state index in [4.69, 9.17) is 43.0 Å². The molecule has 1 fully saturated rings. The van der Waals surface area contributed by atoms with Gasteiger partial charge >= 0.3 is 5.97 Å². The molecule has 1 aromatic carbocycles. The molecular formula is C29H35Cl2N5O2. The van der Waals surface area contributed by atoms with Gasteiger partial charge in [-0.1, -0.05) is 42.3 Å². The summed E-state index contributed by atoms with van der Waals surface area (Å²) in [6.07, 6.45) is 9.83. The lowest BCUT2D eigenvalue weighted by molar-refractivity contribution is -0.141. The van der Waals surface area contributed by atoms with Crippen LogP contribution >= 0.6 is 23.2 Å². The number of nitrogens with zero attached hydrogens (tertiary/aromatic N) is 5. The van der Waals surface area contributed by atoms with Gasteiger partial charge in [-0.15, -0.1) is 0 Å². The number of aromatic nitrogens is 4. The fourth-order valence-corrected chi connectivity index (χ4v) is 6.74. The first kappa shape index (κ1) is 27.1. The van der Waals surface area contributed by atoms with E-state index in [1.54, 1.807) is 6.07 Å². The van der Waals surface area contributed by atoms with E-state index in [9.17, 15) is 4.79 Å². The van der Waals surface area contributed by atoms with Crippen LogP contribution in [0.5, 0.6) is 0 Å². The molecule has 9 heteroatoms. The van der Waals surface area contributed by atoms with Crippen molar-refractivity contribution < 1.29 is 9.53 Å². The molecule has 38 heavy (non-hydrogen) atoms.